The summed E-state index contributed by atoms with van der Waals surface area (Å²) < 4.78 is 27.4. The number of anilines is 2. The molecule has 2 aromatic carbocycles. The van der Waals surface area contributed by atoms with Gasteiger partial charge in [0.2, 0.25) is 5.95 Å². The lowest BCUT2D eigenvalue weighted by Crippen LogP contribution is -2.34. The number of carbonyl (C=O) groups excluding carboxylic acids is 1. The Labute approximate surface area is 196 Å². The largest absolute Gasteiger partial charge is 0.362 e. The summed E-state index contributed by atoms with van der Waals surface area (Å²) >= 11 is 5.57. The van der Waals surface area contributed by atoms with Crippen molar-refractivity contribution in [2.45, 2.75) is 31.7 Å². The predicted octanol–water partition coefficient (Wildman–Crippen LogP) is 5.03. The van der Waals surface area contributed by atoms with Crippen LogP contribution in [0.3, 0.4) is 0 Å². The van der Waals surface area contributed by atoms with Gasteiger partial charge in [0.1, 0.15) is 16.7 Å². The van der Waals surface area contributed by atoms with Gasteiger partial charge in [-0.3, -0.25) is 4.79 Å². The zero-order valence-electron chi connectivity index (χ0n) is 18.5. The number of aromatic nitrogens is 2. The molecule has 6 nitrogen and oxygen atoms in total. The molecule has 1 aliphatic carbocycles. The number of hydrogen-bond donors (Lipinski definition) is 2. The van der Waals surface area contributed by atoms with Gasteiger partial charge in [-0.1, -0.05) is 23.7 Å². The maximum Gasteiger partial charge on any atom is 0.254 e. The van der Waals surface area contributed by atoms with Crippen molar-refractivity contribution in [3.63, 3.8) is 0 Å². The molecular formula is C24H26ClF2N5O. The Morgan fingerprint density at radius 1 is 1.09 bits per heavy atom. The second-order valence-corrected chi connectivity index (χ2v) is 8.96. The van der Waals surface area contributed by atoms with Crippen LogP contribution in [0.1, 0.15) is 36.0 Å². The van der Waals surface area contributed by atoms with Gasteiger partial charge in [-0.15, -0.1) is 0 Å². The molecule has 1 aliphatic rings. The summed E-state index contributed by atoms with van der Waals surface area (Å²) in [5.74, 6) is -0.749. The van der Waals surface area contributed by atoms with Gasteiger partial charge in [0.15, 0.2) is 5.82 Å². The molecule has 0 aliphatic heterocycles. The summed E-state index contributed by atoms with van der Waals surface area (Å²) in [5.41, 5.74) is 0.644. The number of fused-ring (bicyclic) bond motifs is 1. The zero-order chi connectivity index (χ0) is 23.5. The van der Waals surface area contributed by atoms with Crippen molar-refractivity contribution in [2.75, 3.05) is 30.9 Å². The highest BCUT2D eigenvalue weighted by Crippen LogP contribution is 2.28. The number of nitrogens with zero attached hydrogens (tertiary/aromatic N) is 3. The van der Waals surface area contributed by atoms with Crippen LogP contribution in [0.4, 0.5) is 20.5 Å². The van der Waals surface area contributed by atoms with Crippen LogP contribution in [-0.4, -0.2) is 42.6 Å². The first-order valence-corrected chi connectivity index (χ1v) is 11.3. The fourth-order valence-corrected chi connectivity index (χ4v) is 4.36. The van der Waals surface area contributed by atoms with Crippen LogP contribution in [-0.2, 0) is 0 Å². The Balaban J connectivity index is 1.32. The van der Waals surface area contributed by atoms with Gasteiger partial charge in [-0.05, 0) is 55.9 Å². The molecule has 1 aromatic heterocycles. The standard InChI is InChI=1S/C24H26ClF2N5O/c1-32(2)22-16-5-3-4-6-19(16)30-24(31-22)29-15-9-7-14(8-10-15)13-28-23(33)17-11-12-18(26)20(25)21(17)27/h3-6,11-12,14-15H,7-10,13H2,1-2H3,(H,28,33)(H,29,30,31)/t14-,15+. The lowest BCUT2D eigenvalue weighted by Gasteiger charge is -2.29. The summed E-state index contributed by atoms with van der Waals surface area (Å²) in [5, 5.41) is 6.55. The molecule has 174 valence electrons. The molecule has 4 rings (SSSR count). The van der Waals surface area contributed by atoms with Gasteiger partial charge in [0.05, 0.1) is 11.1 Å². The highest BCUT2D eigenvalue weighted by molar-refractivity contribution is 6.31. The fourth-order valence-electron chi connectivity index (χ4n) is 4.19. The average Bonchev–Trinajstić information content (AvgIpc) is 2.81. The predicted molar refractivity (Wildman–Crippen MR) is 127 cm³/mol. The number of hydrogen-bond acceptors (Lipinski definition) is 5. The van der Waals surface area contributed by atoms with Gasteiger partial charge in [0, 0.05) is 32.1 Å². The van der Waals surface area contributed by atoms with E-state index in [0.29, 0.717) is 12.5 Å². The quantitative estimate of drug-likeness (QED) is 0.491. The number of amides is 1. The van der Waals surface area contributed by atoms with Crippen molar-refractivity contribution in [2.24, 2.45) is 5.92 Å². The summed E-state index contributed by atoms with van der Waals surface area (Å²) in [6.07, 6.45) is 3.62. The molecule has 33 heavy (non-hydrogen) atoms. The molecule has 0 radical (unpaired) electrons. The van der Waals surface area contributed by atoms with Crippen LogP contribution >= 0.6 is 11.6 Å². The summed E-state index contributed by atoms with van der Waals surface area (Å²) in [7, 11) is 3.92. The van der Waals surface area contributed by atoms with Crippen LogP contribution in [0.25, 0.3) is 10.9 Å². The molecule has 1 amide bonds. The molecule has 0 atom stereocenters. The Morgan fingerprint density at radius 2 is 1.82 bits per heavy atom. The minimum absolute atomic E-state index is 0.237. The van der Waals surface area contributed by atoms with Crippen molar-refractivity contribution < 1.29 is 13.6 Å². The van der Waals surface area contributed by atoms with Gasteiger partial charge in [0.25, 0.3) is 5.91 Å². The Morgan fingerprint density at radius 3 is 2.55 bits per heavy atom. The lowest BCUT2D eigenvalue weighted by molar-refractivity contribution is 0.0939. The first-order valence-electron chi connectivity index (χ1n) is 11.0. The normalized spacial score (nSPS) is 18.2. The van der Waals surface area contributed by atoms with Crippen LogP contribution in [0.15, 0.2) is 36.4 Å². The summed E-state index contributed by atoms with van der Waals surface area (Å²) in [6, 6.07) is 10.3. The maximum absolute atomic E-state index is 14.1. The number of nitrogens with one attached hydrogen (secondary N) is 2. The Kier molecular flexibility index (Phi) is 6.93. The van der Waals surface area contributed by atoms with E-state index < -0.39 is 22.6 Å². The molecule has 1 heterocycles. The van der Waals surface area contributed by atoms with Gasteiger partial charge in [-0.25, -0.2) is 13.8 Å². The van der Waals surface area contributed by atoms with E-state index >= 15 is 0 Å². The topological polar surface area (TPSA) is 70.2 Å². The third-order valence-corrected chi connectivity index (χ3v) is 6.36. The van der Waals surface area contributed by atoms with Crippen molar-refractivity contribution in [1.82, 2.24) is 15.3 Å². The van der Waals surface area contributed by atoms with Crippen molar-refractivity contribution in [3.8, 4) is 0 Å². The summed E-state index contributed by atoms with van der Waals surface area (Å²) in [4.78, 5) is 23.7. The molecule has 0 spiro atoms. The molecule has 0 saturated heterocycles. The van der Waals surface area contributed by atoms with Gasteiger partial charge < -0.3 is 15.5 Å². The molecule has 3 aromatic rings. The number of carbonyl (C=O) groups is 1. The Hall–Kier alpha value is -3.00. The number of rotatable bonds is 6. The zero-order valence-corrected chi connectivity index (χ0v) is 19.3. The van der Waals surface area contributed by atoms with E-state index in [0.717, 1.165) is 54.5 Å². The number of halogens is 3. The molecule has 2 N–H and O–H groups in total. The summed E-state index contributed by atoms with van der Waals surface area (Å²) in [6.45, 7) is 0.428. The minimum Gasteiger partial charge on any atom is -0.362 e. The molecule has 0 bridgehead atoms. The fraction of sp³-hybridized carbons (Fsp3) is 0.375. The average molecular weight is 474 g/mol. The smallest absolute Gasteiger partial charge is 0.254 e. The van der Waals surface area contributed by atoms with Crippen molar-refractivity contribution in [3.05, 3.63) is 58.6 Å². The van der Waals surface area contributed by atoms with Crippen LogP contribution in [0.2, 0.25) is 5.02 Å². The van der Waals surface area contributed by atoms with E-state index in [9.17, 15) is 13.6 Å². The molecule has 1 fully saturated rings. The van der Waals surface area contributed by atoms with Crippen LogP contribution in [0, 0.1) is 17.6 Å². The Bertz CT molecular complexity index is 1170. The second-order valence-electron chi connectivity index (χ2n) is 8.58. The van der Waals surface area contributed by atoms with E-state index in [1.54, 1.807) is 0 Å². The third kappa shape index (κ3) is 5.16. The SMILES string of the molecule is CN(C)c1nc(N[C@H]2CC[C@@H](CNC(=O)c3ccc(F)c(Cl)c3F)CC2)nc2ccccc12. The third-order valence-electron chi connectivity index (χ3n) is 6.02. The first kappa shape index (κ1) is 23.2. The van der Waals surface area contributed by atoms with Gasteiger partial charge in [-0.2, -0.15) is 4.98 Å². The monoisotopic (exact) mass is 473 g/mol. The molecule has 1 saturated carbocycles. The van der Waals surface area contributed by atoms with Crippen LogP contribution in [0.5, 0.6) is 0 Å². The van der Waals surface area contributed by atoms with E-state index in [1.807, 2.05) is 43.3 Å². The highest BCUT2D eigenvalue weighted by atomic mass is 35.5. The second kappa shape index (κ2) is 9.87. The van der Waals surface area contributed by atoms with Crippen LogP contribution < -0.4 is 15.5 Å². The van der Waals surface area contributed by atoms with E-state index in [1.165, 1.54) is 0 Å². The molecule has 0 unspecified atom stereocenters. The van der Waals surface area contributed by atoms with E-state index in [4.69, 9.17) is 16.6 Å². The number of para-hydroxylation sites is 1. The van der Waals surface area contributed by atoms with Crippen molar-refractivity contribution >= 4 is 40.2 Å². The number of benzene rings is 2. The van der Waals surface area contributed by atoms with Gasteiger partial charge >= 0.3 is 0 Å². The highest BCUT2D eigenvalue weighted by Gasteiger charge is 2.24. The lowest BCUT2D eigenvalue weighted by atomic mass is 9.86. The van der Waals surface area contributed by atoms with E-state index in [-0.39, 0.29) is 17.5 Å². The molecule has 9 heteroatoms. The van der Waals surface area contributed by atoms with E-state index in [2.05, 4.69) is 15.6 Å². The first-order chi connectivity index (χ1) is 15.8. The maximum atomic E-state index is 14.1. The molecular weight excluding hydrogens is 448 g/mol. The minimum atomic E-state index is -1.03. The van der Waals surface area contributed by atoms with Crippen molar-refractivity contribution in [1.29, 1.82) is 0 Å².